The molecule has 0 bridgehead atoms. The van der Waals surface area contributed by atoms with Crippen molar-refractivity contribution in [2.45, 2.75) is 20.0 Å². The first-order chi connectivity index (χ1) is 12.7. The van der Waals surface area contributed by atoms with Crippen molar-refractivity contribution < 1.29 is 14.2 Å². The zero-order valence-corrected chi connectivity index (χ0v) is 18.6. The minimum absolute atomic E-state index is 0. The van der Waals surface area contributed by atoms with Crippen LogP contribution in [0.25, 0.3) is 0 Å². The molecule has 0 unspecified atom stereocenters. The Morgan fingerprint density at radius 3 is 1.96 bits per heavy atom. The number of aliphatic imine (C=N–C) groups is 1. The van der Waals surface area contributed by atoms with Crippen LogP contribution in [-0.2, 0) is 13.1 Å². The summed E-state index contributed by atoms with van der Waals surface area (Å²) in [5.74, 6) is 2.64. The second-order valence-corrected chi connectivity index (χ2v) is 5.53. The van der Waals surface area contributed by atoms with Crippen LogP contribution in [0, 0.1) is 0 Å². The third-order valence-corrected chi connectivity index (χ3v) is 3.80. The predicted molar refractivity (Wildman–Crippen MR) is 120 cm³/mol. The Bertz CT molecular complexity index is 699. The van der Waals surface area contributed by atoms with E-state index in [2.05, 4.69) is 27.8 Å². The molecule has 0 aliphatic carbocycles. The number of nitrogens with zero attached hydrogens (tertiary/aromatic N) is 1. The zero-order chi connectivity index (χ0) is 18.8. The fraction of sp³-hybridized carbons (Fsp3) is 0.350. The molecular formula is C20H28IN3O3. The van der Waals surface area contributed by atoms with Crippen LogP contribution in [-0.4, -0.2) is 33.8 Å². The van der Waals surface area contributed by atoms with E-state index in [1.165, 1.54) is 5.56 Å². The van der Waals surface area contributed by atoms with Crippen LogP contribution in [0.2, 0.25) is 0 Å². The van der Waals surface area contributed by atoms with Crippen molar-refractivity contribution in [1.82, 2.24) is 10.6 Å². The average Bonchev–Trinajstić information content (AvgIpc) is 2.69. The number of hydrogen-bond donors (Lipinski definition) is 2. The molecule has 7 heteroatoms. The highest BCUT2D eigenvalue weighted by atomic mass is 127. The van der Waals surface area contributed by atoms with E-state index in [9.17, 15) is 0 Å². The maximum atomic E-state index is 5.63. The maximum Gasteiger partial charge on any atom is 0.203 e. The number of ether oxygens (including phenoxy) is 3. The molecule has 0 aliphatic rings. The summed E-state index contributed by atoms with van der Waals surface area (Å²) in [5.41, 5.74) is 2.20. The Labute approximate surface area is 178 Å². The van der Waals surface area contributed by atoms with Gasteiger partial charge in [0.05, 0.1) is 20.8 Å². The van der Waals surface area contributed by atoms with E-state index in [0.29, 0.717) is 36.9 Å². The van der Waals surface area contributed by atoms with Crippen molar-refractivity contribution >= 4 is 29.9 Å². The zero-order valence-electron chi connectivity index (χ0n) is 16.2. The van der Waals surface area contributed by atoms with Gasteiger partial charge in [-0.3, -0.25) is 4.99 Å². The highest BCUT2D eigenvalue weighted by molar-refractivity contribution is 14.0. The molecule has 148 valence electrons. The van der Waals surface area contributed by atoms with Gasteiger partial charge in [-0.05, 0) is 30.2 Å². The summed E-state index contributed by atoms with van der Waals surface area (Å²) in [4.78, 5) is 4.26. The fourth-order valence-corrected chi connectivity index (χ4v) is 2.51. The molecule has 0 aromatic heterocycles. The van der Waals surface area contributed by atoms with Crippen LogP contribution in [0.3, 0.4) is 0 Å². The van der Waals surface area contributed by atoms with E-state index in [1.807, 2.05) is 37.3 Å². The van der Waals surface area contributed by atoms with E-state index in [-0.39, 0.29) is 24.0 Å². The van der Waals surface area contributed by atoms with Gasteiger partial charge in [0.25, 0.3) is 0 Å². The average molecular weight is 485 g/mol. The molecule has 0 fully saturated rings. The molecule has 2 rings (SSSR count). The molecule has 2 aromatic carbocycles. The van der Waals surface area contributed by atoms with Crippen LogP contribution >= 0.6 is 24.0 Å². The summed E-state index contributed by atoms with van der Waals surface area (Å²) >= 11 is 0. The molecule has 6 nitrogen and oxygen atoms in total. The monoisotopic (exact) mass is 485 g/mol. The van der Waals surface area contributed by atoms with Gasteiger partial charge in [-0.15, -0.1) is 24.0 Å². The number of guanidine groups is 1. The van der Waals surface area contributed by atoms with E-state index in [4.69, 9.17) is 14.2 Å². The lowest BCUT2D eigenvalue weighted by Gasteiger charge is -2.16. The quantitative estimate of drug-likeness (QED) is 0.340. The first kappa shape index (κ1) is 22.9. The minimum atomic E-state index is 0. The van der Waals surface area contributed by atoms with Gasteiger partial charge in [-0.1, -0.05) is 30.3 Å². The largest absolute Gasteiger partial charge is 0.493 e. The van der Waals surface area contributed by atoms with Gasteiger partial charge in [0.1, 0.15) is 0 Å². The Morgan fingerprint density at radius 1 is 0.926 bits per heavy atom. The molecule has 2 N–H and O–H groups in total. The van der Waals surface area contributed by atoms with Crippen molar-refractivity contribution in [3.05, 3.63) is 53.6 Å². The Morgan fingerprint density at radius 2 is 1.48 bits per heavy atom. The van der Waals surface area contributed by atoms with Gasteiger partial charge in [-0.2, -0.15) is 0 Å². The lowest BCUT2D eigenvalue weighted by atomic mass is 10.1. The number of rotatable bonds is 8. The van der Waals surface area contributed by atoms with Gasteiger partial charge in [0.15, 0.2) is 17.5 Å². The van der Waals surface area contributed by atoms with Gasteiger partial charge < -0.3 is 24.8 Å². The fourth-order valence-electron chi connectivity index (χ4n) is 2.51. The number of halogens is 1. The first-order valence-electron chi connectivity index (χ1n) is 8.58. The third-order valence-electron chi connectivity index (χ3n) is 3.80. The van der Waals surface area contributed by atoms with Gasteiger partial charge in [0.2, 0.25) is 5.75 Å². The number of nitrogens with one attached hydrogen (secondary N) is 2. The molecule has 0 radical (unpaired) electrons. The molecule has 2 aromatic rings. The molecule has 0 atom stereocenters. The topological polar surface area (TPSA) is 64.1 Å². The summed E-state index contributed by atoms with van der Waals surface area (Å²) in [6.45, 7) is 3.75. The summed E-state index contributed by atoms with van der Waals surface area (Å²) in [6, 6.07) is 14.1. The molecule has 0 saturated carbocycles. The molecule has 0 heterocycles. The van der Waals surface area contributed by atoms with E-state index >= 15 is 0 Å². The Kier molecular flexibility index (Phi) is 10.4. The molecular weight excluding hydrogens is 457 g/mol. The van der Waals surface area contributed by atoms with Gasteiger partial charge in [-0.25, -0.2) is 0 Å². The van der Waals surface area contributed by atoms with E-state index in [1.54, 1.807) is 21.3 Å². The molecule has 0 spiro atoms. The van der Waals surface area contributed by atoms with Crippen molar-refractivity contribution in [2.24, 2.45) is 4.99 Å². The molecule has 0 saturated heterocycles. The Balaban J connectivity index is 0.00000364. The smallest absolute Gasteiger partial charge is 0.203 e. The predicted octanol–water partition coefficient (Wildman–Crippen LogP) is 3.59. The third kappa shape index (κ3) is 6.82. The van der Waals surface area contributed by atoms with Crippen LogP contribution in [0.15, 0.2) is 47.5 Å². The summed E-state index contributed by atoms with van der Waals surface area (Å²) in [7, 11) is 4.99. The van der Waals surface area contributed by atoms with Crippen molar-refractivity contribution in [3.8, 4) is 17.2 Å². The molecule has 0 amide bonds. The summed E-state index contributed by atoms with van der Waals surface area (Å²) in [6.07, 6.45) is 0. The van der Waals surface area contributed by atoms with Crippen LogP contribution in [0.1, 0.15) is 18.1 Å². The molecule has 0 aliphatic heterocycles. The number of methoxy groups -OCH3 is 2. The Hall–Kier alpha value is -2.16. The summed E-state index contributed by atoms with van der Waals surface area (Å²) < 4.78 is 16.5. The highest BCUT2D eigenvalue weighted by Gasteiger charge is 2.14. The lowest BCUT2D eigenvalue weighted by molar-refractivity contribution is 0.288. The second-order valence-electron chi connectivity index (χ2n) is 5.53. The highest BCUT2D eigenvalue weighted by Crippen LogP contribution is 2.38. The minimum Gasteiger partial charge on any atom is -0.493 e. The molecule has 27 heavy (non-hydrogen) atoms. The first-order valence-corrected chi connectivity index (χ1v) is 8.58. The number of hydrogen-bond acceptors (Lipinski definition) is 4. The SMILES string of the molecule is CCOc1c(OC)cc(CNC(=NC)NCc2ccccc2)cc1OC.I. The van der Waals surface area contributed by atoms with Gasteiger partial charge >= 0.3 is 0 Å². The van der Waals surface area contributed by atoms with Gasteiger partial charge in [0, 0.05) is 20.1 Å². The maximum absolute atomic E-state index is 5.63. The lowest BCUT2D eigenvalue weighted by Crippen LogP contribution is -2.36. The van der Waals surface area contributed by atoms with Crippen LogP contribution in [0.5, 0.6) is 17.2 Å². The standard InChI is InChI=1S/C20H27N3O3.HI/c1-5-26-19-17(24-3)11-16(12-18(19)25-4)14-23-20(21-2)22-13-15-9-7-6-8-10-15;/h6-12H,5,13-14H2,1-4H3,(H2,21,22,23);1H. The van der Waals surface area contributed by atoms with Crippen LogP contribution < -0.4 is 24.8 Å². The normalized spacial score (nSPS) is 10.6. The van der Waals surface area contributed by atoms with Crippen molar-refractivity contribution in [1.29, 1.82) is 0 Å². The van der Waals surface area contributed by atoms with E-state index in [0.717, 1.165) is 11.5 Å². The van der Waals surface area contributed by atoms with E-state index < -0.39 is 0 Å². The van der Waals surface area contributed by atoms with Crippen molar-refractivity contribution in [2.75, 3.05) is 27.9 Å². The second kappa shape index (κ2) is 12.3. The number of benzene rings is 2. The van der Waals surface area contributed by atoms with Crippen LogP contribution in [0.4, 0.5) is 0 Å². The van der Waals surface area contributed by atoms with Crippen molar-refractivity contribution in [3.63, 3.8) is 0 Å². The summed E-state index contributed by atoms with van der Waals surface area (Å²) in [5, 5.41) is 6.59.